The van der Waals surface area contributed by atoms with Crippen molar-refractivity contribution in [3.8, 4) is 11.5 Å². The number of fused-ring (bicyclic) bond motifs is 1. The summed E-state index contributed by atoms with van der Waals surface area (Å²) >= 11 is 0. The van der Waals surface area contributed by atoms with Gasteiger partial charge in [-0.05, 0) is 12.1 Å². The van der Waals surface area contributed by atoms with E-state index in [1.807, 2.05) is 0 Å². The molecule has 1 N–H and O–H groups in total. The molecule has 1 aliphatic rings. The number of hydrogen-bond donors (Lipinski definition) is 1. The number of rotatable bonds is 4. The van der Waals surface area contributed by atoms with Gasteiger partial charge in [0.05, 0.1) is 23.3 Å². The fourth-order valence-corrected chi connectivity index (χ4v) is 1.98. The molecule has 2 rings (SSSR count). The van der Waals surface area contributed by atoms with Gasteiger partial charge in [0.15, 0.2) is 12.1 Å². The van der Waals surface area contributed by atoms with E-state index in [1.54, 1.807) is 30.4 Å². The van der Waals surface area contributed by atoms with Crippen LogP contribution in [0.25, 0.3) is 6.08 Å². The third-order valence-electron chi connectivity index (χ3n) is 2.94. The summed E-state index contributed by atoms with van der Waals surface area (Å²) in [5, 5.41) is 10.1. The van der Waals surface area contributed by atoms with Crippen LogP contribution >= 0.6 is 0 Å². The summed E-state index contributed by atoms with van der Waals surface area (Å²) in [5.41, 5.74) is 0.754. The molecule has 0 aromatic heterocycles. The molecule has 0 radical (unpaired) electrons. The van der Waals surface area contributed by atoms with Gasteiger partial charge in [0.2, 0.25) is 0 Å². The van der Waals surface area contributed by atoms with Crippen LogP contribution in [0.5, 0.6) is 11.5 Å². The molecule has 4 heteroatoms. The molecule has 0 fully saturated rings. The molecule has 20 heavy (non-hydrogen) atoms. The maximum Gasteiger partial charge on any atom is 0.170 e. The average molecular weight is 270 g/mol. The highest BCUT2D eigenvalue weighted by atomic mass is 16.5. The fourth-order valence-electron chi connectivity index (χ4n) is 1.98. The molecule has 1 aliphatic heterocycles. The number of phenols is 1. The van der Waals surface area contributed by atoms with Gasteiger partial charge in [0.25, 0.3) is 0 Å². The predicted octanol–water partition coefficient (Wildman–Crippen LogP) is 2.93. The number of phenolic OH excluding ortho intramolecular Hbond substituents is 1. The van der Waals surface area contributed by atoms with Crippen LogP contribution in [0.1, 0.15) is 32.7 Å². The number of benzene rings is 1. The van der Waals surface area contributed by atoms with Crippen molar-refractivity contribution in [1.82, 2.24) is 0 Å². The standard InChI is InChI=1S/C16H14O4/c1-2-3-4-5-6-12-15(19)11(10-17)9-13-14(18)7-8-20-16(12)13/h2-6,9-10,19H,1,7-8H2/b4-3+,6-5-. The highest BCUT2D eigenvalue weighted by Crippen LogP contribution is 2.38. The zero-order chi connectivity index (χ0) is 14.5. The Hall–Kier alpha value is -2.62. The number of hydrogen-bond acceptors (Lipinski definition) is 4. The summed E-state index contributed by atoms with van der Waals surface area (Å²) in [5.74, 6) is 0.0509. The van der Waals surface area contributed by atoms with E-state index in [4.69, 9.17) is 4.74 Å². The van der Waals surface area contributed by atoms with E-state index in [-0.39, 0.29) is 30.1 Å². The number of ketones is 1. The van der Waals surface area contributed by atoms with E-state index < -0.39 is 0 Å². The lowest BCUT2D eigenvalue weighted by Gasteiger charge is -2.20. The minimum atomic E-state index is -0.184. The van der Waals surface area contributed by atoms with Crippen LogP contribution < -0.4 is 4.74 Å². The van der Waals surface area contributed by atoms with Crippen molar-refractivity contribution in [2.24, 2.45) is 0 Å². The third kappa shape index (κ3) is 2.54. The molecular weight excluding hydrogens is 256 g/mol. The molecule has 0 amide bonds. The van der Waals surface area contributed by atoms with E-state index in [9.17, 15) is 14.7 Å². The first-order valence-electron chi connectivity index (χ1n) is 6.16. The number of Topliss-reactive ketones (excluding diaryl/α,β-unsaturated/α-hetero) is 1. The van der Waals surface area contributed by atoms with Gasteiger partial charge in [-0.3, -0.25) is 9.59 Å². The molecule has 1 heterocycles. The Morgan fingerprint density at radius 3 is 2.80 bits per heavy atom. The molecular formula is C16H14O4. The van der Waals surface area contributed by atoms with E-state index >= 15 is 0 Å². The van der Waals surface area contributed by atoms with Gasteiger partial charge in [0, 0.05) is 6.42 Å². The van der Waals surface area contributed by atoms with Crippen molar-refractivity contribution in [2.45, 2.75) is 6.42 Å². The lowest BCUT2D eigenvalue weighted by molar-refractivity contribution is 0.0933. The number of ether oxygens (including phenoxy) is 1. The van der Waals surface area contributed by atoms with Gasteiger partial charge in [-0.15, -0.1) is 0 Å². The Morgan fingerprint density at radius 1 is 1.30 bits per heavy atom. The third-order valence-corrected chi connectivity index (χ3v) is 2.94. The number of carbonyl (C=O) groups is 2. The van der Waals surface area contributed by atoms with Gasteiger partial charge in [-0.25, -0.2) is 0 Å². The molecule has 0 spiro atoms. The Balaban J connectivity index is 2.58. The second-order valence-electron chi connectivity index (χ2n) is 4.22. The molecule has 0 bridgehead atoms. The zero-order valence-corrected chi connectivity index (χ0v) is 10.8. The molecule has 1 aromatic rings. The van der Waals surface area contributed by atoms with Crippen LogP contribution in [0.15, 0.2) is 36.9 Å². The number of allylic oxidation sites excluding steroid dienone is 4. The molecule has 0 unspecified atom stereocenters. The summed E-state index contributed by atoms with van der Waals surface area (Å²) in [4.78, 5) is 22.8. The lowest BCUT2D eigenvalue weighted by atomic mass is 9.96. The van der Waals surface area contributed by atoms with Crippen LogP contribution in [0.2, 0.25) is 0 Å². The summed E-state index contributed by atoms with van der Waals surface area (Å²) in [7, 11) is 0. The second kappa shape index (κ2) is 6.02. The average Bonchev–Trinajstić information content (AvgIpc) is 2.45. The van der Waals surface area contributed by atoms with Crippen LogP contribution in [-0.4, -0.2) is 23.8 Å². The Morgan fingerprint density at radius 2 is 2.10 bits per heavy atom. The molecule has 1 aromatic carbocycles. The monoisotopic (exact) mass is 270 g/mol. The van der Waals surface area contributed by atoms with Crippen LogP contribution in [0.4, 0.5) is 0 Å². The quantitative estimate of drug-likeness (QED) is 0.675. The molecule has 0 atom stereocenters. The highest BCUT2D eigenvalue weighted by Gasteiger charge is 2.24. The maximum atomic E-state index is 11.9. The summed E-state index contributed by atoms with van der Waals surface area (Å²) in [6, 6.07) is 1.37. The van der Waals surface area contributed by atoms with Crippen molar-refractivity contribution in [3.63, 3.8) is 0 Å². The summed E-state index contributed by atoms with van der Waals surface area (Å²) in [6.45, 7) is 3.82. The van der Waals surface area contributed by atoms with Crippen molar-refractivity contribution in [2.75, 3.05) is 6.61 Å². The van der Waals surface area contributed by atoms with E-state index in [2.05, 4.69) is 6.58 Å². The van der Waals surface area contributed by atoms with Gasteiger partial charge >= 0.3 is 0 Å². The Bertz CT molecular complexity index is 624. The first-order valence-corrected chi connectivity index (χ1v) is 6.16. The SMILES string of the molecule is C=C/C=C/C=C\c1c(O)c(C=O)cc2c1OCCC2=O. The number of aromatic hydroxyl groups is 1. The van der Waals surface area contributed by atoms with Gasteiger partial charge in [0.1, 0.15) is 11.5 Å². The van der Waals surface area contributed by atoms with Crippen LogP contribution in [-0.2, 0) is 0 Å². The van der Waals surface area contributed by atoms with Crippen molar-refractivity contribution < 1.29 is 19.4 Å². The predicted molar refractivity (Wildman–Crippen MR) is 76.3 cm³/mol. The lowest BCUT2D eigenvalue weighted by Crippen LogP contribution is -2.16. The van der Waals surface area contributed by atoms with E-state index in [0.29, 0.717) is 23.2 Å². The minimum Gasteiger partial charge on any atom is -0.506 e. The fraction of sp³-hybridized carbons (Fsp3) is 0.125. The first-order chi connectivity index (χ1) is 9.69. The molecule has 0 aliphatic carbocycles. The Kier molecular flexibility index (Phi) is 4.15. The number of aldehydes is 1. The molecule has 102 valence electrons. The summed E-state index contributed by atoms with van der Waals surface area (Å²) in [6.07, 6.45) is 9.12. The zero-order valence-electron chi connectivity index (χ0n) is 10.8. The largest absolute Gasteiger partial charge is 0.506 e. The van der Waals surface area contributed by atoms with Crippen molar-refractivity contribution in [1.29, 1.82) is 0 Å². The summed E-state index contributed by atoms with van der Waals surface area (Å²) < 4.78 is 5.47. The second-order valence-corrected chi connectivity index (χ2v) is 4.22. The Labute approximate surface area is 116 Å². The van der Waals surface area contributed by atoms with E-state index in [1.165, 1.54) is 6.07 Å². The molecule has 0 saturated carbocycles. The maximum absolute atomic E-state index is 11.9. The van der Waals surface area contributed by atoms with E-state index in [0.717, 1.165) is 0 Å². The smallest absolute Gasteiger partial charge is 0.170 e. The van der Waals surface area contributed by atoms with Gasteiger partial charge in [-0.2, -0.15) is 0 Å². The van der Waals surface area contributed by atoms with Crippen LogP contribution in [0, 0.1) is 0 Å². The van der Waals surface area contributed by atoms with Gasteiger partial charge < -0.3 is 9.84 Å². The minimum absolute atomic E-state index is 0.0787. The topological polar surface area (TPSA) is 63.6 Å². The number of carbonyl (C=O) groups excluding carboxylic acids is 2. The van der Waals surface area contributed by atoms with Crippen molar-refractivity contribution >= 4 is 18.1 Å². The first kappa shape index (κ1) is 13.8. The van der Waals surface area contributed by atoms with Crippen LogP contribution in [0.3, 0.4) is 0 Å². The normalized spacial score (nSPS) is 14.3. The molecule has 4 nitrogen and oxygen atoms in total. The highest BCUT2D eigenvalue weighted by molar-refractivity contribution is 6.03. The van der Waals surface area contributed by atoms with Gasteiger partial charge in [-0.1, -0.05) is 30.9 Å². The molecule has 0 saturated heterocycles. The van der Waals surface area contributed by atoms with Crippen molar-refractivity contribution in [3.05, 3.63) is 53.6 Å².